The minimum absolute atomic E-state index is 0.153. The van der Waals surface area contributed by atoms with Crippen LogP contribution in [0.25, 0.3) is 0 Å². The van der Waals surface area contributed by atoms with Gasteiger partial charge in [0.25, 0.3) is 0 Å². The number of benzene rings is 1. The molecule has 80 valence electrons. The molecule has 0 atom stereocenters. The van der Waals surface area contributed by atoms with Gasteiger partial charge < -0.3 is 9.64 Å². The first-order valence-corrected chi connectivity index (χ1v) is 5.59. The lowest BCUT2D eigenvalue weighted by atomic mass is 10.2. The highest BCUT2D eigenvalue weighted by Crippen LogP contribution is 2.31. The zero-order chi connectivity index (χ0) is 10.8. The van der Waals surface area contributed by atoms with Crippen molar-refractivity contribution in [2.24, 2.45) is 0 Å². The topological polar surface area (TPSA) is 29.5 Å². The summed E-state index contributed by atoms with van der Waals surface area (Å²) in [6.07, 6.45) is 0.506. The third kappa shape index (κ3) is 2.06. The smallest absolute Gasteiger partial charge is 0.231 e. The van der Waals surface area contributed by atoms with E-state index in [0.717, 1.165) is 15.7 Å². The Morgan fingerprint density at radius 2 is 2.33 bits per heavy atom. The summed E-state index contributed by atoms with van der Waals surface area (Å²) in [5.41, 5.74) is 2.10. The molecule has 2 rings (SSSR count). The van der Waals surface area contributed by atoms with E-state index >= 15 is 0 Å². The molecule has 1 aliphatic rings. The molecule has 0 unspecified atom stereocenters. The minimum atomic E-state index is 0.153. The Balaban J connectivity index is 2.27. The van der Waals surface area contributed by atoms with Crippen LogP contribution >= 0.6 is 15.9 Å². The van der Waals surface area contributed by atoms with Crippen LogP contribution in [0.2, 0.25) is 0 Å². The summed E-state index contributed by atoms with van der Waals surface area (Å²) >= 11 is 3.41. The van der Waals surface area contributed by atoms with Crippen molar-refractivity contribution < 1.29 is 9.53 Å². The molecule has 0 saturated heterocycles. The number of anilines is 1. The largest absolute Gasteiger partial charge is 0.383 e. The molecule has 0 bridgehead atoms. The van der Waals surface area contributed by atoms with Gasteiger partial charge in [-0.2, -0.15) is 0 Å². The first-order valence-electron chi connectivity index (χ1n) is 4.80. The normalized spacial score (nSPS) is 14.5. The quantitative estimate of drug-likeness (QED) is 0.840. The lowest BCUT2D eigenvalue weighted by molar-refractivity contribution is -0.117. The average Bonchev–Trinajstić information content (AvgIpc) is 2.51. The SMILES string of the molecule is COCCN1C(=O)Cc2ccc(Br)cc21. The molecule has 0 saturated carbocycles. The zero-order valence-corrected chi connectivity index (χ0v) is 10.1. The first-order chi connectivity index (χ1) is 7.22. The number of ether oxygens (including phenoxy) is 1. The van der Waals surface area contributed by atoms with E-state index in [9.17, 15) is 4.79 Å². The first kappa shape index (κ1) is 10.6. The van der Waals surface area contributed by atoms with Gasteiger partial charge in [0.15, 0.2) is 0 Å². The number of carbonyl (C=O) groups excluding carboxylic acids is 1. The van der Waals surface area contributed by atoms with Gasteiger partial charge in [0.2, 0.25) is 5.91 Å². The monoisotopic (exact) mass is 269 g/mol. The predicted octanol–water partition coefficient (Wildman–Crippen LogP) is 1.98. The lowest BCUT2D eigenvalue weighted by Gasteiger charge is -2.16. The van der Waals surface area contributed by atoms with Crippen molar-refractivity contribution in [1.82, 2.24) is 0 Å². The molecule has 3 nitrogen and oxygen atoms in total. The summed E-state index contributed by atoms with van der Waals surface area (Å²) < 4.78 is 5.99. The van der Waals surface area contributed by atoms with Gasteiger partial charge in [-0.3, -0.25) is 4.79 Å². The van der Waals surface area contributed by atoms with Crippen molar-refractivity contribution in [3.63, 3.8) is 0 Å². The summed E-state index contributed by atoms with van der Waals surface area (Å²) in [6.45, 7) is 1.19. The molecular weight excluding hydrogens is 258 g/mol. The summed E-state index contributed by atoms with van der Waals surface area (Å²) in [4.78, 5) is 13.5. The summed E-state index contributed by atoms with van der Waals surface area (Å²) in [5, 5.41) is 0. The van der Waals surface area contributed by atoms with Crippen LogP contribution in [0.15, 0.2) is 22.7 Å². The number of carbonyl (C=O) groups is 1. The predicted molar refractivity (Wildman–Crippen MR) is 62.1 cm³/mol. The van der Waals surface area contributed by atoms with Crippen LogP contribution in [0, 0.1) is 0 Å². The van der Waals surface area contributed by atoms with Crippen molar-refractivity contribution in [2.45, 2.75) is 6.42 Å². The number of amides is 1. The van der Waals surface area contributed by atoms with Gasteiger partial charge in [0.05, 0.1) is 13.0 Å². The van der Waals surface area contributed by atoms with Crippen LogP contribution in [0.3, 0.4) is 0 Å². The Kier molecular flexibility index (Phi) is 3.07. The van der Waals surface area contributed by atoms with Gasteiger partial charge in [-0.15, -0.1) is 0 Å². The van der Waals surface area contributed by atoms with Crippen LogP contribution in [0.4, 0.5) is 5.69 Å². The summed E-state index contributed by atoms with van der Waals surface area (Å²) in [7, 11) is 1.64. The molecule has 1 aliphatic heterocycles. The Bertz CT molecular complexity index is 392. The number of rotatable bonds is 3. The minimum Gasteiger partial charge on any atom is -0.383 e. The Hall–Kier alpha value is -0.870. The fourth-order valence-electron chi connectivity index (χ4n) is 1.76. The Labute approximate surface area is 97.2 Å². The van der Waals surface area contributed by atoms with E-state index in [4.69, 9.17) is 4.74 Å². The average molecular weight is 270 g/mol. The number of nitrogens with zero attached hydrogens (tertiary/aromatic N) is 1. The van der Waals surface area contributed by atoms with E-state index in [1.54, 1.807) is 12.0 Å². The molecular formula is C11H12BrNO2. The van der Waals surface area contributed by atoms with Gasteiger partial charge in [-0.05, 0) is 17.7 Å². The second kappa shape index (κ2) is 4.33. The van der Waals surface area contributed by atoms with Crippen molar-refractivity contribution >= 4 is 27.5 Å². The standard InChI is InChI=1S/C11H12BrNO2/c1-15-5-4-13-10-7-9(12)3-2-8(10)6-11(13)14/h2-3,7H,4-6H2,1H3. The van der Waals surface area contributed by atoms with Crippen molar-refractivity contribution in [3.8, 4) is 0 Å². The van der Waals surface area contributed by atoms with Crippen molar-refractivity contribution in [3.05, 3.63) is 28.2 Å². The molecule has 1 amide bonds. The summed E-state index contributed by atoms with van der Waals surface area (Å²) in [5.74, 6) is 0.153. The maximum absolute atomic E-state index is 11.7. The van der Waals surface area contributed by atoms with Crippen LogP contribution in [0.1, 0.15) is 5.56 Å². The Morgan fingerprint density at radius 1 is 1.53 bits per heavy atom. The second-order valence-corrected chi connectivity index (χ2v) is 4.40. The highest BCUT2D eigenvalue weighted by Gasteiger charge is 2.26. The maximum atomic E-state index is 11.7. The maximum Gasteiger partial charge on any atom is 0.231 e. The number of hydrogen-bond acceptors (Lipinski definition) is 2. The van der Waals surface area contributed by atoms with E-state index in [2.05, 4.69) is 15.9 Å². The van der Waals surface area contributed by atoms with E-state index in [0.29, 0.717) is 19.6 Å². The highest BCUT2D eigenvalue weighted by atomic mass is 79.9. The summed E-state index contributed by atoms with van der Waals surface area (Å²) in [6, 6.07) is 5.94. The molecule has 1 aromatic carbocycles. The van der Waals surface area contributed by atoms with Crippen LogP contribution in [-0.2, 0) is 16.0 Å². The highest BCUT2D eigenvalue weighted by molar-refractivity contribution is 9.10. The number of halogens is 1. The van der Waals surface area contributed by atoms with E-state index in [1.807, 2.05) is 18.2 Å². The third-order valence-electron chi connectivity index (χ3n) is 2.50. The molecule has 0 aromatic heterocycles. The van der Waals surface area contributed by atoms with Crippen LogP contribution in [-0.4, -0.2) is 26.2 Å². The molecule has 0 N–H and O–H groups in total. The molecule has 0 fully saturated rings. The van der Waals surface area contributed by atoms with E-state index in [-0.39, 0.29) is 5.91 Å². The number of hydrogen-bond donors (Lipinski definition) is 0. The fraction of sp³-hybridized carbons (Fsp3) is 0.364. The molecule has 15 heavy (non-hydrogen) atoms. The number of fused-ring (bicyclic) bond motifs is 1. The third-order valence-corrected chi connectivity index (χ3v) is 2.99. The van der Waals surface area contributed by atoms with Crippen molar-refractivity contribution in [1.29, 1.82) is 0 Å². The zero-order valence-electron chi connectivity index (χ0n) is 8.50. The molecule has 0 aliphatic carbocycles. The lowest BCUT2D eigenvalue weighted by Crippen LogP contribution is -2.30. The Morgan fingerprint density at radius 3 is 3.07 bits per heavy atom. The van der Waals surface area contributed by atoms with E-state index < -0.39 is 0 Å². The second-order valence-electron chi connectivity index (χ2n) is 3.49. The van der Waals surface area contributed by atoms with E-state index in [1.165, 1.54) is 0 Å². The van der Waals surface area contributed by atoms with Gasteiger partial charge in [0.1, 0.15) is 0 Å². The van der Waals surface area contributed by atoms with Gasteiger partial charge in [-0.1, -0.05) is 22.0 Å². The van der Waals surface area contributed by atoms with Gasteiger partial charge in [0, 0.05) is 23.8 Å². The van der Waals surface area contributed by atoms with Gasteiger partial charge >= 0.3 is 0 Å². The van der Waals surface area contributed by atoms with Crippen LogP contribution in [0.5, 0.6) is 0 Å². The molecule has 0 radical (unpaired) electrons. The van der Waals surface area contributed by atoms with Crippen molar-refractivity contribution in [2.75, 3.05) is 25.2 Å². The molecule has 1 aromatic rings. The molecule has 1 heterocycles. The molecule has 0 spiro atoms. The fourth-order valence-corrected chi connectivity index (χ4v) is 2.11. The van der Waals surface area contributed by atoms with Crippen LogP contribution < -0.4 is 4.90 Å². The number of methoxy groups -OCH3 is 1. The van der Waals surface area contributed by atoms with Gasteiger partial charge in [-0.25, -0.2) is 0 Å². The molecule has 4 heteroatoms.